The summed E-state index contributed by atoms with van der Waals surface area (Å²) in [5.74, 6) is -0.234. The van der Waals surface area contributed by atoms with Crippen LogP contribution in [0.3, 0.4) is 0 Å². The molecule has 1 saturated heterocycles. The third-order valence-electron chi connectivity index (χ3n) is 5.13. The SMILES string of the molecule is CN(c1cccc(-c2nc(/C=C3\SC(=N[C@H]4CCC[C@@H]4O)NC3=O)cs2)c1)S(C)(=O)=O. The summed E-state index contributed by atoms with van der Waals surface area (Å²) in [6.07, 6.45) is 4.92. The van der Waals surface area contributed by atoms with Crippen LogP contribution in [0.15, 0.2) is 39.5 Å². The molecular weight excluding hydrogens is 456 g/mol. The van der Waals surface area contributed by atoms with Crippen molar-refractivity contribution in [3.8, 4) is 10.6 Å². The number of benzene rings is 1. The molecular formula is C20H22N4O4S3. The number of aromatic nitrogens is 1. The molecule has 0 spiro atoms. The standard InChI is InChI=1S/C20H22N4O4S3/c1-24(31(2,27)28)14-6-3-5-12(9-14)19-21-13(11-29-19)10-17-18(26)23-20(30-17)22-15-7-4-8-16(15)25/h3,5-6,9-11,15-16,25H,4,7-8H2,1-2H3,(H,22,23,26)/b17-10-/t15-,16-/m0/s1. The van der Waals surface area contributed by atoms with E-state index in [9.17, 15) is 18.3 Å². The molecule has 2 N–H and O–H groups in total. The van der Waals surface area contributed by atoms with E-state index in [0.717, 1.165) is 36.1 Å². The molecule has 2 aliphatic rings. The molecule has 2 aromatic rings. The Morgan fingerprint density at radius 2 is 2.16 bits per heavy atom. The number of thiazole rings is 1. The molecule has 1 saturated carbocycles. The van der Waals surface area contributed by atoms with Crippen LogP contribution >= 0.6 is 23.1 Å². The van der Waals surface area contributed by atoms with Crippen LogP contribution in [0, 0.1) is 0 Å². The monoisotopic (exact) mass is 478 g/mol. The first-order valence-electron chi connectivity index (χ1n) is 9.67. The van der Waals surface area contributed by atoms with Crippen molar-refractivity contribution < 1.29 is 18.3 Å². The lowest BCUT2D eigenvalue weighted by Crippen LogP contribution is -2.24. The molecule has 2 atom stereocenters. The van der Waals surface area contributed by atoms with E-state index in [0.29, 0.717) is 21.5 Å². The molecule has 31 heavy (non-hydrogen) atoms. The maximum absolute atomic E-state index is 12.3. The Balaban J connectivity index is 1.52. The van der Waals surface area contributed by atoms with E-state index in [2.05, 4.69) is 15.3 Å². The van der Waals surface area contributed by atoms with Gasteiger partial charge in [-0.1, -0.05) is 12.1 Å². The fraction of sp³-hybridized carbons (Fsp3) is 0.350. The second-order valence-corrected chi connectivity index (χ2v) is 11.3. The number of anilines is 1. The Bertz CT molecular complexity index is 1170. The van der Waals surface area contributed by atoms with Gasteiger partial charge in [0.2, 0.25) is 10.0 Å². The van der Waals surface area contributed by atoms with Gasteiger partial charge < -0.3 is 10.4 Å². The number of nitrogens with one attached hydrogen (secondary N) is 1. The predicted molar refractivity (Wildman–Crippen MR) is 126 cm³/mol. The summed E-state index contributed by atoms with van der Waals surface area (Å²) in [6.45, 7) is 0. The minimum absolute atomic E-state index is 0.162. The van der Waals surface area contributed by atoms with Crippen LogP contribution in [-0.4, -0.2) is 55.0 Å². The number of hydrogen-bond acceptors (Lipinski definition) is 8. The largest absolute Gasteiger partial charge is 0.391 e. The van der Waals surface area contributed by atoms with Gasteiger partial charge in [0.1, 0.15) is 5.01 Å². The summed E-state index contributed by atoms with van der Waals surface area (Å²) in [6, 6.07) is 6.98. The third kappa shape index (κ3) is 5.00. The Kier molecular flexibility index (Phi) is 6.20. The average Bonchev–Trinajstić information content (AvgIpc) is 3.43. The summed E-state index contributed by atoms with van der Waals surface area (Å²) in [5.41, 5.74) is 1.99. The maximum Gasteiger partial charge on any atom is 0.264 e. The van der Waals surface area contributed by atoms with E-state index in [1.54, 1.807) is 24.3 Å². The summed E-state index contributed by atoms with van der Waals surface area (Å²) in [7, 11) is -1.85. The summed E-state index contributed by atoms with van der Waals surface area (Å²) >= 11 is 2.66. The lowest BCUT2D eigenvalue weighted by atomic mass is 10.2. The summed E-state index contributed by atoms with van der Waals surface area (Å²) in [5, 5.41) is 15.8. The number of aliphatic hydroxyl groups excluding tert-OH is 1. The quantitative estimate of drug-likeness (QED) is 0.639. The Morgan fingerprint density at radius 3 is 2.87 bits per heavy atom. The van der Waals surface area contributed by atoms with Crippen molar-refractivity contribution in [2.45, 2.75) is 31.4 Å². The van der Waals surface area contributed by atoms with Crippen molar-refractivity contribution in [2.75, 3.05) is 17.6 Å². The van der Waals surface area contributed by atoms with Crippen LogP contribution < -0.4 is 9.62 Å². The molecule has 2 fully saturated rings. The molecule has 0 radical (unpaired) electrons. The zero-order chi connectivity index (χ0) is 22.2. The first-order chi connectivity index (χ1) is 14.7. The van der Waals surface area contributed by atoms with Gasteiger partial charge in [-0.25, -0.2) is 13.4 Å². The van der Waals surface area contributed by atoms with Crippen molar-refractivity contribution in [1.82, 2.24) is 10.3 Å². The Morgan fingerprint density at radius 1 is 1.35 bits per heavy atom. The number of hydrogen-bond donors (Lipinski definition) is 2. The fourth-order valence-corrected chi connectivity index (χ4v) is 5.49. The second-order valence-electron chi connectivity index (χ2n) is 7.42. The van der Waals surface area contributed by atoms with Gasteiger partial charge in [0, 0.05) is 18.0 Å². The smallest absolute Gasteiger partial charge is 0.264 e. The van der Waals surface area contributed by atoms with Crippen LogP contribution in [0.4, 0.5) is 5.69 Å². The molecule has 4 rings (SSSR count). The number of carbonyl (C=O) groups excluding carboxylic acids is 1. The topological polar surface area (TPSA) is 112 Å². The zero-order valence-corrected chi connectivity index (χ0v) is 19.4. The first-order valence-corrected chi connectivity index (χ1v) is 13.2. The van der Waals surface area contributed by atoms with Crippen molar-refractivity contribution in [2.24, 2.45) is 4.99 Å². The Labute approximate surface area is 189 Å². The van der Waals surface area contributed by atoms with Gasteiger partial charge in [-0.15, -0.1) is 11.3 Å². The number of aliphatic imine (C=N–C) groups is 1. The van der Waals surface area contributed by atoms with Crippen LogP contribution in [0.5, 0.6) is 0 Å². The van der Waals surface area contributed by atoms with E-state index in [-0.39, 0.29) is 11.9 Å². The number of aliphatic hydroxyl groups is 1. The van der Waals surface area contributed by atoms with E-state index >= 15 is 0 Å². The highest BCUT2D eigenvalue weighted by atomic mass is 32.2. The van der Waals surface area contributed by atoms with Crippen LogP contribution in [0.1, 0.15) is 25.0 Å². The third-order valence-corrected chi connectivity index (χ3v) is 8.17. The number of carbonyl (C=O) groups is 1. The number of amidine groups is 1. The van der Waals surface area contributed by atoms with Gasteiger partial charge in [0.15, 0.2) is 5.17 Å². The number of amides is 1. The second kappa shape index (κ2) is 8.73. The van der Waals surface area contributed by atoms with E-state index < -0.39 is 16.1 Å². The molecule has 8 nitrogen and oxygen atoms in total. The minimum atomic E-state index is -3.36. The highest BCUT2D eigenvalue weighted by Crippen LogP contribution is 2.32. The molecule has 0 unspecified atom stereocenters. The molecule has 1 amide bonds. The van der Waals surface area contributed by atoms with Gasteiger partial charge in [0.05, 0.1) is 34.7 Å². The van der Waals surface area contributed by atoms with Crippen molar-refractivity contribution in [3.63, 3.8) is 0 Å². The molecule has 1 aromatic heterocycles. The maximum atomic E-state index is 12.3. The lowest BCUT2D eigenvalue weighted by molar-refractivity contribution is -0.115. The molecule has 11 heteroatoms. The van der Waals surface area contributed by atoms with E-state index in [1.165, 1.54) is 34.5 Å². The predicted octanol–water partition coefficient (Wildman–Crippen LogP) is 2.68. The number of sulfonamides is 1. The molecule has 0 bridgehead atoms. The van der Waals surface area contributed by atoms with Gasteiger partial charge in [0.25, 0.3) is 5.91 Å². The van der Waals surface area contributed by atoms with Crippen LogP contribution in [-0.2, 0) is 14.8 Å². The summed E-state index contributed by atoms with van der Waals surface area (Å²) < 4.78 is 24.8. The molecule has 2 heterocycles. The highest BCUT2D eigenvalue weighted by Gasteiger charge is 2.29. The van der Waals surface area contributed by atoms with Gasteiger partial charge in [-0.05, 0) is 49.2 Å². The number of nitrogens with zero attached hydrogens (tertiary/aromatic N) is 3. The summed E-state index contributed by atoms with van der Waals surface area (Å²) in [4.78, 5) is 21.9. The number of rotatable bonds is 5. The zero-order valence-electron chi connectivity index (χ0n) is 17.0. The lowest BCUT2D eigenvalue weighted by Gasteiger charge is -2.16. The normalized spacial score (nSPS) is 24.2. The van der Waals surface area contributed by atoms with Crippen LogP contribution in [0.25, 0.3) is 16.6 Å². The highest BCUT2D eigenvalue weighted by molar-refractivity contribution is 8.18. The van der Waals surface area contributed by atoms with E-state index in [1.807, 2.05) is 11.4 Å². The number of thioether (sulfide) groups is 1. The van der Waals surface area contributed by atoms with Gasteiger partial charge in [-0.2, -0.15) is 0 Å². The first kappa shape index (κ1) is 22.0. The Hall–Kier alpha value is -2.21. The minimum Gasteiger partial charge on any atom is -0.391 e. The van der Waals surface area contributed by atoms with Crippen molar-refractivity contribution in [1.29, 1.82) is 0 Å². The molecule has 1 aliphatic carbocycles. The van der Waals surface area contributed by atoms with E-state index in [4.69, 9.17) is 0 Å². The van der Waals surface area contributed by atoms with Crippen molar-refractivity contribution >= 4 is 56.0 Å². The van der Waals surface area contributed by atoms with Crippen LogP contribution in [0.2, 0.25) is 0 Å². The molecule has 1 aromatic carbocycles. The van der Waals surface area contributed by atoms with Crippen molar-refractivity contribution in [3.05, 3.63) is 40.2 Å². The van der Waals surface area contributed by atoms with Gasteiger partial charge >= 0.3 is 0 Å². The fourth-order valence-electron chi connectivity index (χ4n) is 3.36. The molecule has 1 aliphatic heterocycles. The average molecular weight is 479 g/mol. The molecule has 164 valence electrons. The van der Waals surface area contributed by atoms with Gasteiger partial charge in [-0.3, -0.25) is 14.1 Å².